The Kier molecular flexibility index (Phi) is 3.75. The molecule has 18 heavy (non-hydrogen) atoms. The van der Waals surface area contributed by atoms with Crippen LogP contribution in [0.5, 0.6) is 0 Å². The van der Waals surface area contributed by atoms with Crippen molar-refractivity contribution >= 4 is 27.5 Å². The van der Waals surface area contributed by atoms with Crippen LogP contribution in [0.3, 0.4) is 0 Å². The van der Waals surface area contributed by atoms with E-state index >= 15 is 0 Å². The molecule has 0 saturated carbocycles. The van der Waals surface area contributed by atoms with E-state index in [1.165, 1.54) is 0 Å². The largest absolute Gasteiger partial charge is 0.321 e. The van der Waals surface area contributed by atoms with Crippen LogP contribution in [0.15, 0.2) is 53.0 Å². The highest BCUT2D eigenvalue weighted by molar-refractivity contribution is 9.10. The number of hydrogen-bond donors (Lipinski definition) is 1. The Bertz CT molecular complexity index is 617. The first kappa shape index (κ1) is 12.3. The van der Waals surface area contributed by atoms with Crippen LogP contribution in [0.2, 0.25) is 0 Å². The van der Waals surface area contributed by atoms with Gasteiger partial charge in [-0.15, -0.1) is 0 Å². The zero-order valence-corrected chi connectivity index (χ0v) is 10.9. The molecule has 0 atom stereocenters. The zero-order chi connectivity index (χ0) is 13.0. The standard InChI is InChI=1S/C14H9BrN2O/c15-12-8-10(9-16)6-7-13(12)17-14(18)11-4-2-1-3-5-11/h1-8H,(H,17,18). The highest BCUT2D eigenvalue weighted by Crippen LogP contribution is 2.23. The first-order valence-electron chi connectivity index (χ1n) is 5.27. The molecule has 0 aromatic heterocycles. The van der Waals surface area contributed by atoms with E-state index in [1.54, 1.807) is 30.3 Å². The molecule has 0 radical (unpaired) electrons. The van der Waals surface area contributed by atoms with Crippen molar-refractivity contribution < 1.29 is 4.79 Å². The highest BCUT2D eigenvalue weighted by Gasteiger charge is 2.07. The van der Waals surface area contributed by atoms with E-state index in [0.717, 1.165) is 0 Å². The molecule has 0 fully saturated rings. The third-order valence-corrected chi connectivity index (χ3v) is 3.04. The molecular formula is C14H9BrN2O. The Hall–Kier alpha value is -2.12. The van der Waals surface area contributed by atoms with Crippen LogP contribution in [0.4, 0.5) is 5.69 Å². The fourth-order valence-corrected chi connectivity index (χ4v) is 1.95. The average molecular weight is 301 g/mol. The number of nitriles is 1. The molecular weight excluding hydrogens is 292 g/mol. The van der Waals surface area contributed by atoms with Gasteiger partial charge in [0.25, 0.3) is 5.91 Å². The molecule has 1 N–H and O–H groups in total. The van der Waals surface area contributed by atoms with Gasteiger partial charge in [-0.2, -0.15) is 5.26 Å². The lowest BCUT2D eigenvalue weighted by atomic mass is 10.2. The minimum atomic E-state index is -0.180. The van der Waals surface area contributed by atoms with Crippen molar-refractivity contribution in [2.45, 2.75) is 0 Å². The third-order valence-electron chi connectivity index (χ3n) is 2.38. The number of benzene rings is 2. The lowest BCUT2D eigenvalue weighted by Crippen LogP contribution is -2.12. The van der Waals surface area contributed by atoms with E-state index in [1.807, 2.05) is 24.3 Å². The molecule has 0 bridgehead atoms. The Balaban J connectivity index is 2.20. The molecule has 0 saturated heterocycles. The molecule has 0 heterocycles. The van der Waals surface area contributed by atoms with Gasteiger partial charge in [-0.1, -0.05) is 18.2 Å². The van der Waals surface area contributed by atoms with Crippen molar-refractivity contribution in [2.75, 3.05) is 5.32 Å². The van der Waals surface area contributed by atoms with Crippen LogP contribution in [0, 0.1) is 11.3 Å². The van der Waals surface area contributed by atoms with E-state index in [0.29, 0.717) is 21.3 Å². The van der Waals surface area contributed by atoms with Crippen LogP contribution >= 0.6 is 15.9 Å². The molecule has 3 nitrogen and oxygen atoms in total. The zero-order valence-electron chi connectivity index (χ0n) is 9.35. The number of anilines is 1. The quantitative estimate of drug-likeness (QED) is 0.922. The second kappa shape index (κ2) is 5.48. The van der Waals surface area contributed by atoms with Gasteiger partial charge in [0.2, 0.25) is 0 Å². The Morgan fingerprint density at radius 1 is 1.17 bits per heavy atom. The number of carbonyl (C=O) groups excluding carboxylic acids is 1. The van der Waals surface area contributed by atoms with Crippen LogP contribution < -0.4 is 5.32 Å². The van der Waals surface area contributed by atoms with Gasteiger partial charge in [-0.05, 0) is 46.3 Å². The maximum atomic E-state index is 11.9. The van der Waals surface area contributed by atoms with Crippen molar-refractivity contribution in [1.82, 2.24) is 0 Å². The predicted molar refractivity (Wildman–Crippen MR) is 73.3 cm³/mol. The van der Waals surface area contributed by atoms with Crippen LogP contribution in [0.1, 0.15) is 15.9 Å². The SMILES string of the molecule is N#Cc1ccc(NC(=O)c2ccccc2)c(Br)c1. The molecule has 0 aliphatic heterocycles. The summed E-state index contributed by atoms with van der Waals surface area (Å²) in [4.78, 5) is 11.9. The summed E-state index contributed by atoms with van der Waals surface area (Å²) in [7, 11) is 0. The topological polar surface area (TPSA) is 52.9 Å². The van der Waals surface area contributed by atoms with Gasteiger partial charge in [0.1, 0.15) is 0 Å². The van der Waals surface area contributed by atoms with Crippen molar-refractivity contribution in [1.29, 1.82) is 5.26 Å². The van der Waals surface area contributed by atoms with Gasteiger partial charge in [0.15, 0.2) is 0 Å². The number of carbonyl (C=O) groups is 1. The maximum absolute atomic E-state index is 11.9. The molecule has 0 spiro atoms. The summed E-state index contributed by atoms with van der Waals surface area (Å²) in [5.41, 5.74) is 1.77. The van der Waals surface area contributed by atoms with Crippen LogP contribution in [-0.2, 0) is 0 Å². The molecule has 2 aromatic rings. The molecule has 0 aliphatic rings. The second-order valence-electron chi connectivity index (χ2n) is 3.63. The second-order valence-corrected chi connectivity index (χ2v) is 4.48. The summed E-state index contributed by atoms with van der Waals surface area (Å²) in [6, 6.07) is 16.0. The van der Waals surface area contributed by atoms with E-state index in [9.17, 15) is 4.79 Å². The summed E-state index contributed by atoms with van der Waals surface area (Å²) >= 11 is 3.32. The molecule has 2 aromatic carbocycles. The lowest BCUT2D eigenvalue weighted by Gasteiger charge is -2.07. The minimum Gasteiger partial charge on any atom is -0.321 e. The molecule has 88 valence electrons. The summed E-state index contributed by atoms with van der Waals surface area (Å²) in [6.07, 6.45) is 0. The number of nitrogens with one attached hydrogen (secondary N) is 1. The first-order chi connectivity index (χ1) is 8.70. The van der Waals surface area contributed by atoms with Crippen molar-refractivity contribution in [3.8, 4) is 6.07 Å². The van der Waals surface area contributed by atoms with E-state index in [2.05, 4.69) is 21.2 Å². The van der Waals surface area contributed by atoms with Crippen LogP contribution in [0.25, 0.3) is 0 Å². The van der Waals surface area contributed by atoms with E-state index in [-0.39, 0.29) is 5.91 Å². The fraction of sp³-hybridized carbons (Fsp3) is 0. The Morgan fingerprint density at radius 3 is 2.50 bits per heavy atom. The van der Waals surface area contributed by atoms with Crippen molar-refractivity contribution in [3.05, 3.63) is 64.1 Å². The maximum Gasteiger partial charge on any atom is 0.255 e. The van der Waals surface area contributed by atoms with E-state index < -0.39 is 0 Å². The first-order valence-corrected chi connectivity index (χ1v) is 6.06. The predicted octanol–water partition coefficient (Wildman–Crippen LogP) is 3.57. The highest BCUT2D eigenvalue weighted by atomic mass is 79.9. The number of halogens is 1. The van der Waals surface area contributed by atoms with Gasteiger partial charge >= 0.3 is 0 Å². The van der Waals surface area contributed by atoms with Gasteiger partial charge < -0.3 is 5.32 Å². The number of rotatable bonds is 2. The third kappa shape index (κ3) is 2.76. The number of nitrogens with zero attached hydrogens (tertiary/aromatic N) is 1. The van der Waals surface area contributed by atoms with Gasteiger partial charge in [-0.25, -0.2) is 0 Å². The van der Waals surface area contributed by atoms with Gasteiger partial charge in [-0.3, -0.25) is 4.79 Å². The monoisotopic (exact) mass is 300 g/mol. The summed E-state index contributed by atoms with van der Waals surface area (Å²) in [6.45, 7) is 0. The normalized spacial score (nSPS) is 9.56. The molecule has 1 amide bonds. The molecule has 0 aliphatic carbocycles. The van der Waals surface area contributed by atoms with Crippen LogP contribution in [-0.4, -0.2) is 5.91 Å². The average Bonchev–Trinajstić information content (AvgIpc) is 2.42. The molecule has 0 unspecified atom stereocenters. The van der Waals surface area contributed by atoms with Gasteiger partial charge in [0.05, 0.1) is 17.3 Å². The van der Waals surface area contributed by atoms with Crippen molar-refractivity contribution in [3.63, 3.8) is 0 Å². The Morgan fingerprint density at radius 2 is 1.89 bits per heavy atom. The number of hydrogen-bond acceptors (Lipinski definition) is 2. The Labute approximate surface area is 113 Å². The van der Waals surface area contributed by atoms with E-state index in [4.69, 9.17) is 5.26 Å². The summed E-state index contributed by atoms with van der Waals surface area (Å²) < 4.78 is 0.686. The number of amides is 1. The smallest absolute Gasteiger partial charge is 0.255 e. The summed E-state index contributed by atoms with van der Waals surface area (Å²) in [5, 5.41) is 11.5. The summed E-state index contributed by atoms with van der Waals surface area (Å²) in [5.74, 6) is -0.180. The minimum absolute atomic E-state index is 0.180. The lowest BCUT2D eigenvalue weighted by molar-refractivity contribution is 0.102. The molecule has 2 rings (SSSR count). The molecule has 4 heteroatoms. The van der Waals surface area contributed by atoms with Crippen molar-refractivity contribution in [2.24, 2.45) is 0 Å². The fourth-order valence-electron chi connectivity index (χ4n) is 1.47. The van der Waals surface area contributed by atoms with Gasteiger partial charge in [0, 0.05) is 10.0 Å².